The number of nitro groups is 1. The molecule has 1 aliphatic rings. The summed E-state index contributed by atoms with van der Waals surface area (Å²) in [6.07, 6.45) is 2.19. The van der Waals surface area contributed by atoms with Crippen LogP contribution in [-0.4, -0.2) is 16.6 Å². The van der Waals surface area contributed by atoms with Gasteiger partial charge in [-0.2, -0.15) is 0 Å². The van der Waals surface area contributed by atoms with Gasteiger partial charge in [0.25, 0.3) is 0 Å². The van der Waals surface area contributed by atoms with Crippen molar-refractivity contribution in [2.45, 2.75) is 6.42 Å². The van der Waals surface area contributed by atoms with Crippen molar-refractivity contribution in [1.82, 2.24) is 0 Å². The summed E-state index contributed by atoms with van der Waals surface area (Å²) in [5.41, 5.74) is 1.16. The van der Waals surface area contributed by atoms with E-state index in [-0.39, 0.29) is 11.4 Å². The van der Waals surface area contributed by atoms with Gasteiger partial charge in [0.1, 0.15) is 0 Å². The predicted octanol–water partition coefficient (Wildman–Crippen LogP) is 1.81. The minimum Gasteiger partial charge on any atom is -0.502 e. The largest absolute Gasteiger partial charge is 0.502 e. The van der Waals surface area contributed by atoms with E-state index in [1.54, 1.807) is 12.3 Å². The Morgan fingerprint density at radius 1 is 1.60 bits per heavy atom. The third kappa shape index (κ3) is 1.32. The Labute approximate surface area is 86.4 Å². The highest BCUT2D eigenvalue weighted by atomic mass is 16.6. The van der Waals surface area contributed by atoms with Crippen molar-refractivity contribution >= 4 is 11.4 Å². The smallest absolute Gasteiger partial charge is 0.315 e. The van der Waals surface area contributed by atoms with E-state index in [0.29, 0.717) is 18.5 Å². The number of rotatable bonds is 2. The molecule has 0 saturated carbocycles. The van der Waals surface area contributed by atoms with Gasteiger partial charge >= 0.3 is 5.69 Å². The van der Waals surface area contributed by atoms with Crippen LogP contribution in [0.5, 0.6) is 5.75 Å². The molecule has 0 amide bonds. The van der Waals surface area contributed by atoms with E-state index in [4.69, 9.17) is 0 Å². The Hall–Kier alpha value is -2.04. The molecule has 0 spiro atoms. The first kappa shape index (κ1) is 9.51. The number of fused-ring (bicyclic) bond motifs is 1. The number of aromatic hydroxyl groups is 1. The molecule has 1 aromatic rings. The molecule has 1 aromatic carbocycles. The summed E-state index contributed by atoms with van der Waals surface area (Å²) in [5.74, 6) is -0.273. The first-order valence-corrected chi connectivity index (χ1v) is 4.53. The summed E-state index contributed by atoms with van der Waals surface area (Å²) in [6, 6.07) is 3.02. The van der Waals surface area contributed by atoms with Crippen LogP contribution in [0.15, 0.2) is 24.9 Å². The zero-order chi connectivity index (χ0) is 11.0. The van der Waals surface area contributed by atoms with E-state index >= 15 is 0 Å². The topological polar surface area (TPSA) is 66.6 Å². The van der Waals surface area contributed by atoms with E-state index in [1.165, 1.54) is 6.07 Å². The van der Waals surface area contributed by atoms with Crippen molar-refractivity contribution in [3.8, 4) is 5.75 Å². The lowest BCUT2D eigenvalue weighted by molar-refractivity contribution is -0.386. The fourth-order valence-electron chi connectivity index (χ4n) is 1.87. The number of anilines is 1. The molecule has 78 valence electrons. The van der Waals surface area contributed by atoms with Crippen molar-refractivity contribution in [3.63, 3.8) is 0 Å². The molecule has 15 heavy (non-hydrogen) atoms. The number of phenols is 1. The van der Waals surface area contributed by atoms with Crippen molar-refractivity contribution in [2.75, 3.05) is 11.4 Å². The Bertz CT molecular complexity index is 443. The molecule has 1 heterocycles. The second-order valence-electron chi connectivity index (χ2n) is 3.31. The standard InChI is InChI=1S/C10H10N2O3/c1-2-11-6-5-7-8(11)3-4-9(13)10(7)12(14)15/h2-4,13H,1,5-6H2. The summed E-state index contributed by atoms with van der Waals surface area (Å²) in [6.45, 7) is 4.30. The molecule has 1 aliphatic heterocycles. The van der Waals surface area contributed by atoms with Crippen LogP contribution < -0.4 is 4.90 Å². The monoisotopic (exact) mass is 206 g/mol. The normalized spacial score (nSPS) is 13.7. The van der Waals surface area contributed by atoms with Gasteiger partial charge in [-0.15, -0.1) is 0 Å². The Morgan fingerprint density at radius 3 is 2.93 bits per heavy atom. The SMILES string of the molecule is C=CN1CCc2c1ccc(O)c2[N+](=O)[O-]. The molecule has 1 N–H and O–H groups in total. The highest BCUT2D eigenvalue weighted by Crippen LogP contribution is 2.40. The van der Waals surface area contributed by atoms with E-state index in [2.05, 4.69) is 6.58 Å². The lowest BCUT2D eigenvalue weighted by Crippen LogP contribution is -2.10. The van der Waals surface area contributed by atoms with Crippen LogP contribution in [0.4, 0.5) is 11.4 Å². The molecule has 2 rings (SSSR count). The van der Waals surface area contributed by atoms with Gasteiger partial charge < -0.3 is 10.0 Å². The fourth-order valence-corrected chi connectivity index (χ4v) is 1.87. The van der Waals surface area contributed by atoms with E-state index in [0.717, 1.165) is 5.69 Å². The number of benzene rings is 1. The molecular formula is C10H10N2O3. The van der Waals surface area contributed by atoms with Crippen LogP contribution in [0.3, 0.4) is 0 Å². The maximum absolute atomic E-state index is 10.8. The van der Waals surface area contributed by atoms with Gasteiger partial charge in [0.15, 0.2) is 5.75 Å². The summed E-state index contributed by atoms with van der Waals surface area (Å²) in [7, 11) is 0. The molecule has 0 aromatic heterocycles. The molecular weight excluding hydrogens is 196 g/mol. The van der Waals surface area contributed by atoms with Crippen LogP contribution in [0.2, 0.25) is 0 Å². The zero-order valence-electron chi connectivity index (χ0n) is 8.01. The quantitative estimate of drug-likeness (QED) is 0.592. The molecule has 0 bridgehead atoms. The Morgan fingerprint density at radius 2 is 2.33 bits per heavy atom. The summed E-state index contributed by atoms with van der Waals surface area (Å²) in [4.78, 5) is 12.1. The van der Waals surface area contributed by atoms with Crippen LogP contribution in [0.1, 0.15) is 5.56 Å². The Balaban J connectivity index is 2.62. The molecule has 0 atom stereocenters. The van der Waals surface area contributed by atoms with Gasteiger partial charge in [0.05, 0.1) is 16.2 Å². The zero-order valence-corrected chi connectivity index (χ0v) is 8.01. The maximum Gasteiger partial charge on any atom is 0.315 e. The molecule has 0 unspecified atom stereocenters. The second kappa shape index (κ2) is 3.27. The average Bonchev–Trinajstić information content (AvgIpc) is 2.59. The highest BCUT2D eigenvalue weighted by Gasteiger charge is 2.28. The molecule has 0 saturated heterocycles. The summed E-state index contributed by atoms with van der Waals surface area (Å²) < 4.78 is 0. The lowest BCUT2D eigenvalue weighted by Gasteiger charge is -2.12. The van der Waals surface area contributed by atoms with Crippen LogP contribution in [0, 0.1) is 10.1 Å². The first-order chi connectivity index (χ1) is 7.15. The highest BCUT2D eigenvalue weighted by molar-refractivity contribution is 5.71. The summed E-state index contributed by atoms with van der Waals surface area (Å²) >= 11 is 0. The number of hydrogen-bond donors (Lipinski definition) is 1. The summed E-state index contributed by atoms with van der Waals surface area (Å²) in [5, 5.41) is 20.2. The van der Waals surface area contributed by atoms with Gasteiger partial charge in [-0.25, -0.2) is 0 Å². The number of nitrogens with zero attached hydrogens (tertiary/aromatic N) is 2. The first-order valence-electron chi connectivity index (χ1n) is 4.53. The second-order valence-corrected chi connectivity index (χ2v) is 3.31. The van der Waals surface area contributed by atoms with Gasteiger partial charge in [-0.05, 0) is 24.8 Å². The van der Waals surface area contributed by atoms with Crippen molar-refractivity contribution in [1.29, 1.82) is 0 Å². The number of hydrogen-bond acceptors (Lipinski definition) is 4. The van der Waals surface area contributed by atoms with Crippen LogP contribution in [0.25, 0.3) is 0 Å². The molecule has 0 fully saturated rings. The molecule has 5 nitrogen and oxygen atoms in total. The number of nitro benzene ring substituents is 1. The fraction of sp³-hybridized carbons (Fsp3) is 0.200. The van der Waals surface area contributed by atoms with Gasteiger partial charge in [0.2, 0.25) is 0 Å². The van der Waals surface area contributed by atoms with Crippen molar-refractivity contribution < 1.29 is 10.0 Å². The minimum atomic E-state index is -0.541. The molecule has 0 radical (unpaired) electrons. The van der Waals surface area contributed by atoms with Gasteiger partial charge in [0, 0.05) is 6.54 Å². The van der Waals surface area contributed by atoms with E-state index < -0.39 is 4.92 Å². The molecule has 0 aliphatic carbocycles. The Kier molecular flexibility index (Phi) is 2.07. The third-order valence-electron chi connectivity index (χ3n) is 2.55. The van der Waals surface area contributed by atoms with Gasteiger partial charge in [-0.3, -0.25) is 10.1 Å². The molecule has 5 heteroatoms. The number of phenolic OH excluding ortho intramolecular Hbond substituents is 1. The van der Waals surface area contributed by atoms with Gasteiger partial charge in [-0.1, -0.05) is 6.58 Å². The van der Waals surface area contributed by atoms with Crippen LogP contribution in [-0.2, 0) is 6.42 Å². The minimum absolute atomic E-state index is 0.183. The average molecular weight is 206 g/mol. The van der Waals surface area contributed by atoms with Crippen LogP contribution >= 0.6 is 0 Å². The van der Waals surface area contributed by atoms with E-state index in [9.17, 15) is 15.2 Å². The van der Waals surface area contributed by atoms with Crippen molar-refractivity contribution in [3.05, 3.63) is 40.6 Å². The third-order valence-corrected chi connectivity index (χ3v) is 2.55. The predicted molar refractivity (Wildman–Crippen MR) is 56.0 cm³/mol. The lowest BCUT2D eigenvalue weighted by atomic mass is 10.1. The van der Waals surface area contributed by atoms with E-state index in [1.807, 2.05) is 4.90 Å². The van der Waals surface area contributed by atoms with Crippen molar-refractivity contribution in [2.24, 2.45) is 0 Å². The maximum atomic E-state index is 10.8.